The van der Waals surface area contributed by atoms with Crippen molar-refractivity contribution in [2.24, 2.45) is 0 Å². The molecule has 1 saturated heterocycles. The second-order valence-electron chi connectivity index (χ2n) is 6.42. The average molecular weight is 316 g/mol. The topological polar surface area (TPSA) is 75.8 Å². The Morgan fingerprint density at radius 3 is 2.83 bits per heavy atom. The summed E-state index contributed by atoms with van der Waals surface area (Å²) in [5.41, 5.74) is 1.25. The average Bonchev–Trinajstić information content (AvgIpc) is 2.95. The van der Waals surface area contributed by atoms with Gasteiger partial charge in [-0.3, -0.25) is 4.90 Å². The molecule has 1 aromatic heterocycles. The first-order valence-electron chi connectivity index (χ1n) is 7.57. The van der Waals surface area contributed by atoms with Crippen molar-refractivity contribution < 1.29 is 19.2 Å². The molecule has 122 valence electrons. The van der Waals surface area contributed by atoms with Crippen LogP contribution in [0.15, 0.2) is 40.9 Å². The molecular weight excluding hydrogens is 296 g/mol. The lowest BCUT2D eigenvalue weighted by atomic mass is 10.0. The van der Waals surface area contributed by atoms with Gasteiger partial charge in [0.05, 0.1) is 11.3 Å². The third-order valence-corrected chi connectivity index (χ3v) is 3.77. The molecule has 1 aromatic carbocycles. The number of morpholine rings is 1. The second kappa shape index (κ2) is 6.14. The van der Waals surface area contributed by atoms with Crippen LogP contribution in [0.2, 0.25) is 0 Å². The molecule has 2 aromatic rings. The molecule has 0 radical (unpaired) electrons. The largest absolute Gasteiger partial charge is 0.479 e. The summed E-state index contributed by atoms with van der Waals surface area (Å²) in [6, 6.07) is 11.7. The maximum atomic E-state index is 11.2. The van der Waals surface area contributed by atoms with E-state index in [9.17, 15) is 9.90 Å². The summed E-state index contributed by atoms with van der Waals surface area (Å²) in [5.74, 6) is -0.226. The van der Waals surface area contributed by atoms with E-state index in [0.717, 1.165) is 11.3 Å². The lowest BCUT2D eigenvalue weighted by Gasteiger charge is -2.40. The van der Waals surface area contributed by atoms with Crippen LogP contribution < -0.4 is 0 Å². The van der Waals surface area contributed by atoms with Crippen LogP contribution in [0.3, 0.4) is 0 Å². The highest BCUT2D eigenvalue weighted by Gasteiger charge is 2.37. The highest BCUT2D eigenvalue weighted by atomic mass is 16.5. The number of nitrogens with zero attached hydrogens (tertiary/aromatic N) is 2. The summed E-state index contributed by atoms with van der Waals surface area (Å²) in [6.45, 7) is 5.31. The number of carboxylic acids is 1. The Hall–Kier alpha value is -2.18. The summed E-state index contributed by atoms with van der Waals surface area (Å²) in [6.07, 6.45) is -0.820. The molecule has 1 aliphatic rings. The first kappa shape index (κ1) is 15.7. The van der Waals surface area contributed by atoms with Gasteiger partial charge in [-0.05, 0) is 13.8 Å². The molecule has 1 unspecified atom stereocenters. The van der Waals surface area contributed by atoms with Crippen LogP contribution >= 0.6 is 0 Å². The van der Waals surface area contributed by atoms with Gasteiger partial charge in [-0.1, -0.05) is 35.5 Å². The van der Waals surface area contributed by atoms with E-state index in [2.05, 4.69) is 5.16 Å². The first-order chi connectivity index (χ1) is 10.9. The summed E-state index contributed by atoms with van der Waals surface area (Å²) < 4.78 is 11.0. The van der Waals surface area contributed by atoms with E-state index in [-0.39, 0.29) is 0 Å². The van der Waals surface area contributed by atoms with Gasteiger partial charge in [0, 0.05) is 31.3 Å². The number of hydrogen-bond donors (Lipinski definition) is 1. The van der Waals surface area contributed by atoms with Crippen LogP contribution in [0.25, 0.3) is 11.3 Å². The number of carboxylic acid groups (broad SMARTS) is 1. The molecule has 0 saturated carbocycles. The zero-order valence-corrected chi connectivity index (χ0v) is 13.2. The minimum Gasteiger partial charge on any atom is -0.479 e. The van der Waals surface area contributed by atoms with Gasteiger partial charge in [-0.15, -0.1) is 0 Å². The van der Waals surface area contributed by atoms with Crippen molar-refractivity contribution >= 4 is 5.97 Å². The number of hydrogen-bond acceptors (Lipinski definition) is 5. The van der Waals surface area contributed by atoms with Crippen LogP contribution in [0.1, 0.15) is 19.5 Å². The fourth-order valence-electron chi connectivity index (χ4n) is 2.90. The van der Waals surface area contributed by atoms with Gasteiger partial charge in [-0.25, -0.2) is 4.79 Å². The van der Waals surface area contributed by atoms with E-state index < -0.39 is 17.7 Å². The normalized spacial score (nSPS) is 21.2. The lowest BCUT2D eigenvalue weighted by molar-refractivity contribution is -0.179. The highest BCUT2D eigenvalue weighted by Crippen LogP contribution is 2.24. The van der Waals surface area contributed by atoms with Gasteiger partial charge in [0.15, 0.2) is 11.9 Å². The first-order valence-corrected chi connectivity index (χ1v) is 7.57. The van der Waals surface area contributed by atoms with Gasteiger partial charge >= 0.3 is 5.97 Å². The minimum atomic E-state index is -0.937. The Bertz CT molecular complexity index is 681. The van der Waals surface area contributed by atoms with E-state index in [1.807, 2.05) is 55.1 Å². The Balaban J connectivity index is 1.72. The van der Waals surface area contributed by atoms with E-state index in [0.29, 0.717) is 25.4 Å². The van der Waals surface area contributed by atoms with Crippen molar-refractivity contribution in [3.63, 3.8) is 0 Å². The van der Waals surface area contributed by atoms with Gasteiger partial charge in [0.2, 0.25) is 0 Å². The number of aliphatic carboxylic acids is 1. The Kier molecular flexibility index (Phi) is 4.19. The fourth-order valence-corrected chi connectivity index (χ4v) is 2.90. The van der Waals surface area contributed by atoms with Crippen LogP contribution in [0.4, 0.5) is 0 Å². The van der Waals surface area contributed by atoms with Gasteiger partial charge in [0.25, 0.3) is 0 Å². The monoisotopic (exact) mass is 316 g/mol. The summed E-state index contributed by atoms with van der Waals surface area (Å²) in [7, 11) is 0. The Labute approximate surface area is 134 Å². The van der Waals surface area contributed by atoms with E-state index >= 15 is 0 Å². The summed E-state index contributed by atoms with van der Waals surface area (Å²) in [5, 5.41) is 13.3. The lowest BCUT2D eigenvalue weighted by Crippen LogP contribution is -2.54. The van der Waals surface area contributed by atoms with Crippen LogP contribution in [0, 0.1) is 0 Å². The smallest absolute Gasteiger partial charge is 0.334 e. The standard InChI is InChI=1S/C17H20N2O4/c1-17(2)11-19(10-15(22-17)16(20)21)9-13-8-14(23-18-13)12-6-4-3-5-7-12/h3-8,15H,9-11H2,1-2H3,(H,20,21). The highest BCUT2D eigenvalue weighted by molar-refractivity contribution is 5.72. The molecule has 1 N–H and O–H groups in total. The molecule has 6 nitrogen and oxygen atoms in total. The van der Waals surface area contributed by atoms with E-state index in [1.54, 1.807) is 0 Å². The summed E-state index contributed by atoms with van der Waals surface area (Å²) in [4.78, 5) is 13.3. The van der Waals surface area contributed by atoms with Crippen LogP contribution in [0.5, 0.6) is 0 Å². The van der Waals surface area contributed by atoms with Crippen molar-refractivity contribution in [2.45, 2.75) is 32.1 Å². The minimum absolute atomic E-state index is 0.340. The summed E-state index contributed by atoms with van der Waals surface area (Å²) >= 11 is 0. The molecule has 1 aliphatic heterocycles. The van der Waals surface area contributed by atoms with Crippen LogP contribution in [-0.4, -0.2) is 45.9 Å². The zero-order chi connectivity index (χ0) is 16.4. The predicted molar refractivity (Wildman–Crippen MR) is 83.8 cm³/mol. The molecule has 0 spiro atoms. The zero-order valence-electron chi connectivity index (χ0n) is 13.2. The molecule has 1 atom stereocenters. The van der Waals surface area contributed by atoms with E-state index in [4.69, 9.17) is 9.26 Å². The number of aromatic nitrogens is 1. The SMILES string of the molecule is CC1(C)CN(Cc2cc(-c3ccccc3)on2)CC(C(=O)O)O1. The molecule has 0 bridgehead atoms. The van der Waals surface area contributed by atoms with Gasteiger partial charge in [-0.2, -0.15) is 0 Å². The maximum absolute atomic E-state index is 11.2. The van der Waals surface area contributed by atoms with Gasteiger partial charge < -0.3 is 14.4 Å². The molecule has 3 rings (SSSR count). The van der Waals surface area contributed by atoms with Crippen molar-refractivity contribution in [1.82, 2.24) is 10.1 Å². The Morgan fingerprint density at radius 1 is 1.39 bits per heavy atom. The third-order valence-electron chi connectivity index (χ3n) is 3.77. The second-order valence-corrected chi connectivity index (χ2v) is 6.42. The quantitative estimate of drug-likeness (QED) is 0.933. The van der Waals surface area contributed by atoms with E-state index in [1.165, 1.54) is 0 Å². The van der Waals surface area contributed by atoms with Crippen LogP contribution in [-0.2, 0) is 16.1 Å². The molecule has 1 fully saturated rings. The van der Waals surface area contributed by atoms with Crippen molar-refractivity contribution in [1.29, 1.82) is 0 Å². The predicted octanol–water partition coefficient (Wildman–Crippen LogP) is 2.41. The fraction of sp³-hybridized carbons (Fsp3) is 0.412. The molecule has 2 heterocycles. The molecule has 23 heavy (non-hydrogen) atoms. The maximum Gasteiger partial charge on any atom is 0.334 e. The van der Waals surface area contributed by atoms with Crippen molar-refractivity contribution in [2.75, 3.05) is 13.1 Å². The number of rotatable bonds is 4. The van der Waals surface area contributed by atoms with Gasteiger partial charge in [0.1, 0.15) is 0 Å². The Morgan fingerprint density at radius 2 is 2.13 bits per heavy atom. The number of benzene rings is 1. The van der Waals surface area contributed by atoms with Crippen molar-refractivity contribution in [3.05, 3.63) is 42.1 Å². The molecular formula is C17H20N2O4. The molecule has 0 amide bonds. The third kappa shape index (κ3) is 3.78. The molecule has 0 aliphatic carbocycles. The number of ether oxygens (including phenoxy) is 1. The number of carbonyl (C=O) groups is 1. The van der Waals surface area contributed by atoms with Crippen molar-refractivity contribution in [3.8, 4) is 11.3 Å². The molecule has 6 heteroatoms.